The number of aryl methyl sites for hydroxylation is 1. The monoisotopic (exact) mass is 502 g/mol. The first kappa shape index (κ1) is 20.8. The van der Waals surface area contributed by atoms with E-state index >= 15 is 0 Å². The summed E-state index contributed by atoms with van der Waals surface area (Å²) in [6.07, 6.45) is 0. The van der Waals surface area contributed by atoms with Crippen LogP contribution in [-0.4, -0.2) is 4.57 Å². The molecular formula is C31H23BrN2. The average molecular weight is 503 g/mol. The van der Waals surface area contributed by atoms with Crippen molar-refractivity contribution in [1.82, 2.24) is 4.57 Å². The number of nitrogens with one attached hydrogen (secondary N) is 1. The first-order valence-electron chi connectivity index (χ1n) is 11.4. The standard InChI is InChI=1S/C31H23BrN2/c1-21-10-2-3-11-25(21)26-12-4-7-15-29(26)33-23-18-22(32)19-24(20-23)34-30-16-8-5-13-27(30)28-14-6-9-17-31(28)34/h2-20,33H,1H3. The van der Waals surface area contributed by atoms with Gasteiger partial charge >= 0.3 is 0 Å². The van der Waals surface area contributed by atoms with Crippen molar-refractivity contribution >= 4 is 49.1 Å². The quantitative estimate of drug-likeness (QED) is 0.254. The van der Waals surface area contributed by atoms with Crippen molar-refractivity contribution in [3.8, 4) is 16.8 Å². The molecule has 3 heteroatoms. The molecule has 0 aliphatic carbocycles. The van der Waals surface area contributed by atoms with Gasteiger partial charge in [-0.2, -0.15) is 0 Å². The summed E-state index contributed by atoms with van der Waals surface area (Å²) in [5.74, 6) is 0. The molecule has 0 saturated heterocycles. The SMILES string of the molecule is Cc1ccccc1-c1ccccc1Nc1cc(Br)cc(-n2c3ccccc3c3ccccc32)c1. The van der Waals surface area contributed by atoms with E-state index in [4.69, 9.17) is 0 Å². The zero-order valence-corrected chi connectivity index (χ0v) is 20.4. The van der Waals surface area contributed by atoms with Crippen LogP contribution in [0.2, 0.25) is 0 Å². The highest BCUT2D eigenvalue weighted by molar-refractivity contribution is 9.10. The van der Waals surface area contributed by atoms with Gasteiger partial charge in [-0.3, -0.25) is 0 Å². The minimum absolute atomic E-state index is 1.03. The first-order chi connectivity index (χ1) is 16.7. The average Bonchev–Trinajstić information content (AvgIpc) is 3.19. The highest BCUT2D eigenvalue weighted by atomic mass is 79.9. The minimum Gasteiger partial charge on any atom is -0.355 e. The number of benzene rings is 5. The first-order valence-corrected chi connectivity index (χ1v) is 12.2. The normalized spacial score (nSPS) is 11.2. The van der Waals surface area contributed by atoms with Crippen molar-refractivity contribution < 1.29 is 0 Å². The van der Waals surface area contributed by atoms with Crippen LogP contribution < -0.4 is 5.32 Å². The Labute approximate surface area is 207 Å². The van der Waals surface area contributed by atoms with E-state index < -0.39 is 0 Å². The lowest BCUT2D eigenvalue weighted by atomic mass is 9.99. The maximum Gasteiger partial charge on any atom is 0.0541 e. The lowest BCUT2D eigenvalue weighted by Gasteiger charge is -2.16. The molecule has 0 unspecified atom stereocenters. The van der Waals surface area contributed by atoms with Crippen molar-refractivity contribution in [2.24, 2.45) is 0 Å². The molecule has 0 radical (unpaired) electrons. The maximum absolute atomic E-state index is 3.76. The van der Waals surface area contributed by atoms with Crippen LogP contribution in [0, 0.1) is 6.92 Å². The molecule has 2 nitrogen and oxygen atoms in total. The molecule has 0 bridgehead atoms. The number of hydrogen-bond acceptors (Lipinski definition) is 1. The predicted octanol–water partition coefficient (Wildman–Crippen LogP) is 9.27. The Morgan fingerprint density at radius 2 is 1.21 bits per heavy atom. The fourth-order valence-electron chi connectivity index (χ4n) is 4.83. The number of halogens is 1. The van der Waals surface area contributed by atoms with Gasteiger partial charge in [0.1, 0.15) is 0 Å². The van der Waals surface area contributed by atoms with Crippen LogP contribution in [0.25, 0.3) is 38.6 Å². The van der Waals surface area contributed by atoms with E-state index in [1.807, 2.05) is 0 Å². The second-order valence-electron chi connectivity index (χ2n) is 8.55. The second kappa shape index (κ2) is 8.51. The van der Waals surface area contributed by atoms with Gasteiger partial charge in [0.25, 0.3) is 0 Å². The maximum atomic E-state index is 3.76. The summed E-state index contributed by atoms with van der Waals surface area (Å²) in [6.45, 7) is 2.16. The topological polar surface area (TPSA) is 17.0 Å². The van der Waals surface area contributed by atoms with Crippen LogP contribution >= 0.6 is 15.9 Å². The minimum atomic E-state index is 1.03. The third kappa shape index (κ3) is 3.59. The molecule has 0 atom stereocenters. The van der Waals surface area contributed by atoms with Crippen LogP contribution in [-0.2, 0) is 0 Å². The summed E-state index contributed by atoms with van der Waals surface area (Å²) in [4.78, 5) is 0. The molecule has 0 aliphatic rings. The van der Waals surface area contributed by atoms with Crippen molar-refractivity contribution in [1.29, 1.82) is 0 Å². The van der Waals surface area contributed by atoms with E-state index in [9.17, 15) is 0 Å². The van der Waals surface area contributed by atoms with E-state index in [1.165, 1.54) is 38.5 Å². The van der Waals surface area contributed by atoms with Gasteiger partial charge in [-0.05, 0) is 54.4 Å². The summed E-state index contributed by atoms with van der Waals surface area (Å²) < 4.78 is 3.37. The largest absolute Gasteiger partial charge is 0.355 e. The molecular weight excluding hydrogens is 480 g/mol. The number of hydrogen-bond donors (Lipinski definition) is 1. The van der Waals surface area contributed by atoms with Crippen molar-refractivity contribution in [2.75, 3.05) is 5.32 Å². The summed E-state index contributed by atoms with van der Waals surface area (Å²) >= 11 is 3.76. The number of anilines is 2. The third-order valence-corrected chi connectivity index (χ3v) is 6.82. The van der Waals surface area contributed by atoms with Crippen LogP contribution in [0.4, 0.5) is 11.4 Å². The Morgan fingerprint density at radius 1 is 0.618 bits per heavy atom. The molecule has 1 heterocycles. The third-order valence-electron chi connectivity index (χ3n) is 6.36. The smallest absolute Gasteiger partial charge is 0.0541 e. The van der Waals surface area contributed by atoms with E-state index in [0.717, 1.165) is 21.5 Å². The highest BCUT2D eigenvalue weighted by Crippen LogP contribution is 2.36. The lowest BCUT2D eigenvalue weighted by Crippen LogP contribution is -1.98. The van der Waals surface area contributed by atoms with Crippen LogP contribution in [0.1, 0.15) is 5.56 Å². The van der Waals surface area contributed by atoms with Crippen molar-refractivity contribution in [3.05, 3.63) is 125 Å². The molecule has 0 amide bonds. The van der Waals surface area contributed by atoms with Gasteiger partial charge in [0.05, 0.1) is 11.0 Å². The molecule has 0 spiro atoms. The molecule has 1 N–H and O–H groups in total. The van der Waals surface area contributed by atoms with E-state index in [0.29, 0.717) is 0 Å². The van der Waals surface area contributed by atoms with Gasteiger partial charge < -0.3 is 9.88 Å². The summed E-state index contributed by atoms with van der Waals surface area (Å²) in [5.41, 5.74) is 9.33. The van der Waals surface area contributed by atoms with Crippen LogP contribution in [0.3, 0.4) is 0 Å². The molecule has 34 heavy (non-hydrogen) atoms. The fourth-order valence-corrected chi connectivity index (χ4v) is 5.31. The van der Waals surface area contributed by atoms with E-state index in [1.54, 1.807) is 0 Å². The molecule has 6 rings (SSSR count). The van der Waals surface area contributed by atoms with Crippen LogP contribution in [0.5, 0.6) is 0 Å². The molecule has 5 aromatic carbocycles. The van der Waals surface area contributed by atoms with Gasteiger partial charge in [0.2, 0.25) is 0 Å². The molecule has 0 aliphatic heterocycles. The Morgan fingerprint density at radius 3 is 1.91 bits per heavy atom. The Kier molecular flexibility index (Phi) is 5.20. The van der Waals surface area contributed by atoms with Gasteiger partial charge in [0.15, 0.2) is 0 Å². The van der Waals surface area contributed by atoms with Crippen LogP contribution in [0.15, 0.2) is 120 Å². The summed E-state index contributed by atoms with van der Waals surface area (Å²) in [6, 6.07) is 40.7. The Balaban J connectivity index is 1.50. The molecule has 164 valence electrons. The molecule has 6 aromatic rings. The predicted molar refractivity (Wildman–Crippen MR) is 148 cm³/mol. The van der Waals surface area contributed by atoms with Crippen molar-refractivity contribution in [2.45, 2.75) is 6.92 Å². The molecule has 1 aromatic heterocycles. The number of aromatic nitrogens is 1. The molecule has 0 fully saturated rings. The number of rotatable bonds is 4. The number of para-hydroxylation sites is 3. The van der Waals surface area contributed by atoms with Gasteiger partial charge in [-0.15, -0.1) is 0 Å². The molecule has 0 saturated carbocycles. The highest BCUT2D eigenvalue weighted by Gasteiger charge is 2.13. The second-order valence-corrected chi connectivity index (χ2v) is 9.47. The summed E-state index contributed by atoms with van der Waals surface area (Å²) in [7, 11) is 0. The zero-order chi connectivity index (χ0) is 23.1. The Hall–Kier alpha value is -3.82. The van der Waals surface area contributed by atoms with E-state index in [-0.39, 0.29) is 0 Å². The number of nitrogens with zero attached hydrogens (tertiary/aromatic N) is 1. The summed E-state index contributed by atoms with van der Waals surface area (Å²) in [5, 5.41) is 6.22. The van der Waals surface area contributed by atoms with E-state index in [2.05, 4.69) is 148 Å². The van der Waals surface area contributed by atoms with Gasteiger partial charge in [-0.1, -0.05) is 94.8 Å². The van der Waals surface area contributed by atoms with Crippen molar-refractivity contribution in [3.63, 3.8) is 0 Å². The van der Waals surface area contributed by atoms with Gasteiger partial charge in [0, 0.05) is 37.9 Å². The zero-order valence-electron chi connectivity index (χ0n) is 18.8. The lowest BCUT2D eigenvalue weighted by molar-refractivity contribution is 1.18. The number of fused-ring (bicyclic) bond motifs is 3. The fraction of sp³-hybridized carbons (Fsp3) is 0.0323. The van der Waals surface area contributed by atoms with Gasteiger partial charge in [-0.25, -0.2) is 0 Å². The Bertz CT molecular complexity index is 1610.